The summed E-state index contributed by atoms with van der Waals surface area (Å²) in [5, 5.41) is 12.2. The molecule has 2 aromatic rings. The molecule has 6 nitrogen and oxygen atoms in total. The molecular weight excluding hydrogens is 310 g/mol. The quantitative estimate of drug-likeness (QED) is 0.651. The minimum Gasteiger partial charge on any atom is -0.507 e. The first-order chi connectivity index (χ1) is 11.4. The van der Waals surface area contributed by atoms with Crippen molar-refractivity contribution in [2.24, 2.45) is 0 Å². The van der Waals surface area contributed by atoms with Gasteiger partial charge in [-0.15, -0.1) is 0 Å². The molecule has 0 fully saturated rings. The Morgan fingerprint density at radius 3 is 2.25 bits per heavy atom. The summed E-state index contributed by atoms with van der Waals surface area (Å²) in [6.07, 6.45) is -1.05. The highest BCUT2D eigenvalue weighted by molar-refractivity contribution is 5.99. The van der Waals surface area contributed by atoms with Gasteiger partial charge >= 0.3 is 5.97 Å². The molecule has 24 heavy (non-hydrogen) atoms. The van der Waals surface area contributed by atoms with Gasteiger partial charge < -0.3 is 15.2 Å². The third kappa shape index (κ3) is 4.19. The first-order valence-corrected chi connectivity index (χ1v) is 7.29. The smallest absolute Gasteiger partial charge is 0.342 e. The van der Waals surface area contributed by atoms with E-state index in [0.717, 1.165) is 0 Å². The number of ketones is 1. The van der Waals surface area contributed by atoms with Gasteiger partial charge in [-0.05, 0) is 50.2 Å². The molecule has 6 heteroatoms. The molecule has 1 amide bonds. The van der Waals surface area contributed by atoms with Crippen LogP contribution in [0.5, 0.6) is 5.75 Å². The summed E-state index contributed by atoms with van der Waals surface area (Å²) in [7, 11) is 0. The molecule has 2 rings (SSSR count). The highest BCUT2D eigenvalue weighted by Crippen LogP contribution is 2.18. The molecule has 124 valence electrons. The van der Waals surface area contributed by atoms with Crippen LogP contribution < -0.4 is 5.32 Å². The standard InChI is InChI=1S/C18H17NO5/c1-11(20)13-7-9-14(10-8-13)19-17(22)12(2)24-18(23)15-5-3-4-6-16(15)21/h3-10,12,21H,1-2H3,(H,19,22)/t12-/m1/s1. The van der Waals surface area contributed by atoms with Crippen molar-refractivity contribution < 1.29 is 24.2 Å². The number of amides is 1. The maximum Gasteiger partial charge on any atom is 0.342 e. The van der Waals surface area contributed by atoms with E-state index in [1.807, 2.05) is 0 Å². The number of anilines is 1. The molecule has 0 aliphatic rings. The van der Waals surface area contributed by atoms with E-state index in [9.17, 15) is 19.5 Å². The molecule has 2 N–H and O–H groups in total. The summed E-state index contributed by atoms with van der Waals surface area (Å²) < 4.78 is 5.05. The van der Waals surface area contributed by atoms with Crippen molar-refractivity contribution in [1.82, 2.24) is 0 Å². The van der Waals surface area contributed by atoms with Gasteiger partial charge in [0.05, 0.1) is 0 Å². The minimum absolute atomic E-state index is 0.0111. The van der Waals surface area contributed by atoms with Gasteiger partial charge in [-0.2, -0.15) is 0 Å². The molecule has 0 aliphatic heterocycles. The first-order valence-electron chi connectivity index (χ1n) is 7.29. The monoisotopic (exact) mass is 327 g/mol. The number of benzene rings is 2. The number of carbonyl (C=O) groups is 3. The fourth-order valence-corrected chi connectivity index (χ4v) is 1.96. The van der Waals surface area contributed by atoms with E-state index < -0.39 is 18.0 Å². The van der Waals surface area contributed by atoms with Crippen LogP contribution in [0.25, 0.3) is 0 Å². The summed E-state index contributed by atoms with van der Waals surface area (Å²) in [4.78, 5) is 35.2. The van der Waals surface area contributed by atoms with Gasteiger partial charge in [0.15, 0.2) is 11.9 Å². The summed E-state index contributed by atoms with van der Waals surface area (Å²) in [6, 6.07) is 12.3. The van der Waals surface area contributed by atoms with E-state index in [4.69, 9.17) is 4.74 Å². The van der Waals surface area contributed by atoms with E-state index in [2.05, 4.69) is 5.32 Å². The Labute approximate surface area is 139 Å². The first kappa shape index (κ1) is 17.2. The maximum absolute atomic E-state index is 12.1. The lowest BCUT2D eigenvalue weighted by Gasteiger charge is -2.14. The van der Waals surface area contributed by atoms with Crippen LogP contribution in [0.2, 0.25) is 0 Å². The van der Waals surface area contributed by atoms with Gasteiger partial charge in [0.2, 0.25) is 0 Å². The lowest BCUT2D eigenvalue weighted by Crippen LogP contribution is -2.30. The number of aromatic hydroxyl groups is 1. The summed E-state index contributed by atoms with van der Waals surface area (Å²) in [5.74, 6) is -1.59. The second kappa shape index (κ2) is 7.41. The molecule has 0 bridgehead atoms. The van der Waals surface area contributed by atoms with Crippen molar-refractivity contribution >= 4 is 23.3 Å². The largest absolute Gasteiger partial charge is 0.507 e. The molecule has 0 aliphatic carbocycles. The maximum atomic E-state index is 12.1. The summed E-state index contributed by atoms with van der Waals surface area (Å²) in [5.41, 5.74) is 1.01. The Morgan fingerprint density at radius 1 is 1.04 bits per heavy atom. The van der Waals surface area contributed by atoms with E-state index in [0.29, 0.717) is 11.3 Å². The molecular formula is C18H17NO5. The topological polar surface area (TPSA) is 92.7 Å². The SMILES string of the molecule is CC(=O)c1ccc(NC(=O)[C@@H](C)OC(=O)c2ccccc2O)cc1. The zero-order valence-corrected chi connectivity index (χ0v) is 13.3. The van der Waals surface area contributed by atoms with Crippen LogP contribution in [0, 0.1) is 0 Å². The van der Waals surface area contributed by atoms with Gasteiger partial charge in [0.1, 0.15) is 11.3 Å². The summed E-state index contributed by atoms with van der Waals surface area (Å²) >= 11 is 0. The number of phenols is 1. The van der Waals surface area contributed by atoms with E-state index in [-0.39, 0.29) is 17.1 Å². The third-order valence-corrected chi connectivity index (χ3v) is 3.34. The lowest BCUT2D eigenvalue weighted by molar-refractivity contribution is -0.123. The number of phenolic OH excluding ortho intramolecular Hbond substituents is 1. The number of hydrogen-bond donors (Lipinski definition) is 2. The Balaban J connectivity index is 1.98. The molecule has 0 saturated carbocycles. The lowest BCUT2D eigenvalue weighted by atomic mass is 10.1. The van der Waals surface area contributed by atoms with Crippen LogP contribution in [0.3, 0.4) is 0 Å². The Hall–Kier alpha value is -3.15. The molecule has 0 spiro atoms. The minimum atomic E-state index is -1.05. The second-order valence-corrected chi connectivity index (χ2v) is 5.19. The molecule has 0 aromatic heterocycles. The molecule has 0 unspecified atom stereocenters. The molecule has 2 aromatic carbocycles. The molecule has 0 saturated heterocycles. The highest BCUT2D eigenvalue weighted by Gasteiger charge is 2.20. The number of esters is 1. The van der Waals surface area contributed by atoms with Crippen LogP contribution in [0.4, 0.5) is 5.69 Å². The normalized spacial score (nSPS) is 11.4. The fraction of sp³-hybridized carbons (Fsp3) is 0.167. The summed E-state index contributed by atoms with van der Waals surface area (Å²) in [6.45, 7) is 2.88. The second-order valence-electron chi connectivity index (χ2n) is 5.19. The van der Waals surface area contributed by atoms with Crippen molar-refractivity contribution in [3.8, 4) is 5.75 Å². The average Bonchev–Trinajstić information content (AvgIpc) is 2.55. The Bertz CT molecular complexity index is 767. The number of nitrogens with one attached hydrogen (secondary N) is 1. The fourth-order valence-electron chi connectivity index (χ4n) is 1.96. The molecule has 1 atom stereocenters. The van der Waals surface area contributed by atoms with Crippen LogP contribution in [-0.2, 0) is 9.53 Å². The van der Waals surface area contributed by atoms with Crippen molar-refractivity contribution in [2.75, 3.05) is 5.32 Å². The third-order valence-electron chi connectivity index (χ3n) is 3.34. The van der Waals surface area contributed by atoms with Crippen molar-refractivity contribution in [2.45, 2.75) is 20.0 Å². The number of ether oxygens (including phenoxy) is 1. The van der Waals surface area contributed by atoms with Gasteiger partial charge in [-0.1, -0.05) is 12.1 Å². The van der Waals surface area contributed by atoms with E-state index in [1.54, 1.807) is 36.4 Å². The van der Waals surface area contributed by atoms with Gasteiger partial charge in [-0.25, -0.2) is 4.79 Å². The highest BCUT2D eigenvalue weighted by atomic mass is 16.5. The predicted octanol–water partition coefficient (Wildman–Crippen LogP) is 2.78. The Kier molecular flexibility index (Phi) is 5.31. The number of Topliss-reactive ketones (excluding diaryl/α,β-unsaturated/α-hetero) is 1. The zero-order valence-electron chi connectivity index (χ0n) is 13.3. The zero-order chi connectivity index (χ0) is 17.7. The number of hydrogen-bond acceptors (Lipinski definition) is 5. The van der Waals surface area contributed by atoms with Crippen LogP contribution >= 0.6 is 0 Å². The number of rotatable bonds is 5. The van der Waals surface area contributed by atoms with Crippen LogP contribution in [0.1, 0.15) is 34.6 Å². The van der Waals surface area contributed by atoms with Crippen LogP contribution in [0.15, 0.2) is 48.5 Å². The van der Waals surface area contributed by atoms with Crippen LogP contribution in [-0.4, -0.2) is 28.9 Å². The van der Waals surface area contributed by atoms with Crippen molar-refractivity contribution in [1.29, 1.82) is 0 Å². The van der Waals surface area contributed by atoms with Crippen molar-refractivity contribution in [3.63, 3.8) is 0 Å². The van der Waals surface area contributed by atoms with E-state index >= 15 is 0 Å². The number of para-hydroxylation sites is 1. The Morgan fingerprint density at radius 2 is 1.67 bits per heavy atom. The number of carbonyl (C=O) groups excluding carboxylic acids is 3. The van der Waals surface area contributed by atoms with Gasteiger partial charge in [0.25, 0.3) is 5.91 Å². The van der Waals surface area contributed by atoms with Crippen molar-refractivity contribution in [3.05, 3.63) is 59.7 Å². The van der Waals surface area contributed by atoms with Gasteiger partial charge in [0, 0.05) is 11.3 Å². The van der Waals surface area contributed by atoms with E-state index in [1.165, 1.54) is 26.0 Å². The molecule has 0 radical (unpaired) electrons. The average molecular weight is 327 g/mol. The predicted molar refractivity (Wildman–Crippen MR) is 88.1 cm³/mol. The molecule has 0 heterocycles. The van der Waals surface area contributed by atoms with Gasteiger partial charge in [-0.3, -0.25) is 9.59 Å².